The zero-order chi connectivity index (χ0) is 13.8. The smallest absolute Gasteiger partial charge is 0.0377 e. The number of rotatable bonds is 3. The van der Waals surface area contributed by atoms with E-state index in [-0.39, 0.29) is 5.92 Å². The Balaban J connectivity index is 2.11. The predicted molar refractivity (Wildman–Crippen MR) is 86.1 cm³/mol. The highest BCUT2D eigenvalue weighted by Gasteiger charge is 2.15. The molecule has 1 heteroatoms. The van der Waals surface area contributed by atoms with Crippen molar-refractivity contribution in [1.29, 1.82) is 0 Å². The second-order valence-corrected chi connectivity index (χ2v) is 5.29. The molecular weight excluding hydrogens is 260 g/mol. The Hall–Kier alpha value is -2.12. The van der Waals surface area contributed by atoms with Crippen LogP contribution in [0.15, 0.2) is 89.8 Å². The van der Waals surface area contributed by atoms with Crippen LogP contribution in [0, 0.1) is 0 Å². The Bertz CT molecular complexity index is 618. The third-order valence-electron chi connectivity index (χ3n) is 3.48. The summed E-state index contributed by atoms with van der Waals surface area (Å²) in [6.45, 7) is 0. The van der Waals surface area contributed by atoms with Crippen molar-refractivity contribution in [3.63, 3.8) is 0 Å². The summed E-state index contributed by atoms with van der Waals surface area (Å²) in [6.07, 6.45) is 0. The molecule has 3 aromatic carbocycles. The molecule has 0 nitrogen and oxygen atoms in total. The Labute approximate surface area is 125 Å². The van der Waals surface area contributed by atoms with Crippen molar-refractivity contribution in [3.05, 3.63) is 102 Å². The van der Waals surface area contributed by atoms with E-state index in [4.69, 9.17) is 12.6 Å². The van der Waals surface area contributed by atoms with Gasteiger partial charge in [-0.1, -0.05) is 85.4 Å². The van der Waals surface area contributed by atoms with Crippen molar-refractivity contribution in [2.75, 3.05) is 0 Å². The van der Waals surface area contributed by atoms with Gasteiger partial charge in [-0.3, -0.25) is 0 Å². The Morgan fingerprint density at radius 3 is 1.35 bits per heavy atom. The molecule has 0 unspecified atom stereocenters. The number of hydrogen-bond donors (Lipinski definition) is 0. The lowest BCUT2D eigenvalue weighted by molar-refractivity contribution is 0.974. The van der Waals surface area contributed by atoms with Crippen molar-refractivity contribution in [2.24, 2.45) is 0 Å². The minimum atomic E-state index is 0.257. The van der Waals surface area contributed by atoms with E-state index < -0.39 is 0 Å². The fraction of sp³-hybridized carbons (Fsp3) is 0.0526. The normalized spacial score (nSPS) is 10.7. The van der Waals surface area contributed by atoms with Crippen LogP contribution in [0.2, 0.25) is 0 Å². The van der Waals surface area contributed by atoms with E-state index in [0.717, 1.165) is 4.90 Å². The number of benzene rings is 3. The molecule has 97 valence electrons. The van der Waals surface area contributed by atoms with Crippen LogP contribution >= 0.6 is 12.6 Å². The van der Waals surface area contributed by atoms with Gasteiger partial charge in [0.1, 0.15) is 0 Å². The second kappa shape index (κ2) is 5.89. The molecule has 3 rings (SSSR count). The van der Waals surface area contributed by atoms with Crippen LogP contribution in [0.4, 0.5) is 0 Å². The highest BCUT2D eigenvalue weighted by molar-refractivity contribution is 7.80. The molecule has 0 N–H and O–H groups in total. The third-order valence-corrected chi connectivity index (χ3v) is 3.75. The van der Waals surface area contributed by atoms with Crippen LogP contribution in [0.1, 0.15) is 22.6 Å². The van der Waals surface area contributed by atoms with Crippen molar-refractivity contribution in [1.82, 2.24) is 0 Å². The van der Waals surface area contributed by atoms with Crippen LogP contribution in [0.25, 0.3) is 0 Å². The van der Waals surface area contributed by atoms with Gasteiger partial charge < -0.3 is 0 Å². The van der Waals surface area contributed by atoms with E-state index in [1.165, 1.54) is 16.7 Å². The standard InChI is InChI=1S/C19H15S/c20-18-13-11-17(12-14-18)19(15-7-3-1-4-8-15)16-9-5-2-6-10-16/h1-14,19H. The first-order valence-corrected chi connectivity index (χ1v) is 7.12. The van der Waals surface area contributed by atoms with Gasteiger partial charge in [0.2, 0.25) is 0 Å². The van der Waals surface area contributed by atoms with E-state index in [2.05, 4.69) is 72.8 Å². The minimum Gasteiger partial charge on any atom is -0.0801 e. The van der Waals surface area contributed by atoms with Gasteiger partial charge in [0, 0.05) is 10.8 Å². The summed E-state index contributed by atoms with van der Waals surface area (Å²) in [5, 5.41) is 0. The largest absolute Gasteiger partial charge is 0.0801 e. The molecule has 0 amide bonds. The molecule has 0 atom stereocenters. The lowest BCUT2D eigenvalue weighted by Crippen LogP contribution is -2.02. The van der Waals surface area contributed by atoms with E-state index in [0.29, 0.717) is 0 Å². The summed E-state index contributed by atoms with van der Waals surface area (Å²) < 4.78 is 0. The van der Waals surface area contributed by atoms with Crippen LogP contribution in [-0.4, -0.2) is 0 Å². The Morgan fingerprint density at radius 1 is 0.500 bits per heavy atom. The summed E-state index contributed by atoms with van der Waals surface area (Å²) in [4.78, 5) is 0.883. The van der Waals surface area contributed by atoms with Gasteiger partial charge in [-0.05, 0) is 28.8 Å². The van der Waals surface area contributed by atoms with E-state index in [9.17, 15) is 0 Å². The zero-order valence-electron chi connectivity index (χ0n) is 11.1. The minimum absolute atomic E-state index is 0.257. The summed E-state index contributed by atoms with van der Waals surface area (Å²) in [7, 11) is 0. The first-order chi connectivity index (χ1) is 9.84. The van der Waals surface area contributed by atoms with Gasteiger partial charge in [-0.2, -0.15) is 0 Å². The zero-order valence-corrected chi connectivity index (χ0v) is 11.9. The van der Waals surface area contributed by atoms with Gasteiger partial charge in [-0.15, -0.1) is 0 Å². The Kier molecular flexibility index (Phi) is 3.80. The summed E-state index contributed by atoms with van der Waals surface area (Å²) in [5.41, 5.74) is 3.88. The summed E-state index contributed by atoms with van der Waals surface area (Å²) >= 11 is 5.19. The highest BCUT2D eigenvalue weighted by atomic mass is 32.1. The lowest BCUT2D eigenvalue weighted by atomic mass is 9.85. The number of hydrogen-bond acceptors (Lipinski definition) is 0. The molecule has 0 saturated heterocycles. The maximum atomic E-state index is 5.19. The topological polar surface area (TPSA) is 0 Å². The molecule has 20 heavy (non-hydrogen) atoms. The van der Waals surface area contributed by atoms with Crippen molar-refractivity contribution < 1.29 is 0 Å². The van der Waals surface area contributed by atoms with Crippen LogP contribution in [0.3, 0.4) is 0 Å². The molecule has 0 spiro atoms. The first-order valence-electron chi connectivity index (χ1n) is 6.71. The van der Waals surface area contributed by atoms with Gasteiger partial charge in [-0.25, -0.2) is 0 Å². The molecule has 0 aliphatic rings. The maximum Gasteiger partial charge on any atom is 0.0377 e. The SMILES string of the molecule is [S]c1ccc(C(c2ccccc2)c2ccccc2)cc1. The molecule has 3 aromatic rings. The fourth-order valence-electron chi connectivity index (χ4n) is 2.53. The molecular formula is C19H15S. The third kappa shape index (κ3) is 2.73. The predicted octanol–water partition coefficient (Wildman–Crippen LogP) is 5.42. The van der Waals surface area contributed by atoms with Crippen molar-refractivity contribution in [3.8, 4) is 0 Å². The Morgan fingerprint density at radius 2 is 0.900 bits per heavy atom. The molecule has 0 aliphatic carbocycles. The molecule has 0 heterocycles. The van der Waals surface area contributed by atoms with Crippen LogP contribution in [-0.2, 0) is 0 Å². The van der Waals surface area contributed by atoms with Gasteiger partial charge in [0.25, 0.3) is 0 Å². The van der Waals surface area contributed by atoms with Gasteiger partial charge in [0.05, 0.1) is 0 Å². The quantitative estimate of drug-likeness (QED) is 0.560. The lowest BCUT2D eigenvalue weighted by Gasteiger charge is -2.18. The van der Waals surface area contributed by atoms with Gasteiger partial charge in [0.15, 0.2) is 0 Å². The van der Waals surface area contributed by atoms with Crippen LogP contribution < -0.4 is 0 Å². The molecule has 0 saturated carbocycles. The summed E-state index contributed by atoms with van der Waals surface area (Å²) in [6, 6.07) is 29.5. The van der Waals surface area contributed by atoms with Crippen LogP contribution in [0.5, 0.6) is 0 Å². The summed E-state index contributed by atoms with van der Waals surface area (Å²) in [5.74, 6) is 0.257. The molecule has 0 fully saturated rings. The highest BCUT2D eigenvalue weighted by Crippen LogP contribution is 2.31. The van der Waals surface area contributed by atoms with Crippen molar-refractivity contribution in [2.45, 2.75) is 10.8 Å². The van der Waals surface area contributed by atoms with E-state index >= 15 is 0 Å². The monoisotopic (exact) mass is 275 g/mol. The first kappa shape index (κ1) is 12.9. The maximum absolute atomic E-state index is 5.19. The molecule has 0 aliphatic heterocycles. The fourth-order valence-corrected chi connectivity index (χ4v) is 2.66. The van der Waals surface area contributed by atoms with E-state index in [1.807, 2.05) is 12.1 Å². The second-order valence-electron chi connectivity index (χ2n) is 4.82. The molecule has 0 bridgehead atoms. The van der Waals surface area contributed by atoms with E-state index in [1.54, 1.807) is 0 Å². The van der Waals surface area contributed by atoms with Gasteiger partial charge >= 0.3 is 0 Å². The average molecular weight is 275 g/mol. The average Bonchev–Trinajstić information content (AvgIpc) is 2.52. The molecule has 0 aromatic heterocycles. The van der Waals surface area contributed by atoms with Crippen molar-refractivity contribution >= 4 is 12.6 Å². The molecule has 1 radical (unpaired) electrons.